The lowest BCUT2D eigenvalue weighted by Gasteiger charge is -2.13. The van der Waals surface area contributed by atoms with Crippen LogP contribution in [0.1, 0.15) is 32.6 Å². The Morgan fingerprint density at radius 3 is 2.56 bits per heavy atom. The number of hydrogen-bond donors (Lipinski definition) is 2. The number of carbonyl (C=O) groups is 3. The van der Waals surface area contributed by atoms with Crippen LogP contribution in [0.4, 0.5) is 0 Å². The lowest BCUT2D eigenvalue weighted by Crippen LogP contribution is -2.40. The van der Waals surface area contributed by atoms with Crippen LogP contribution in [0.2, 0.25) is 0 Å². The molecule has 1 atom stereocenters. The smallest absolute Gasteiger partial charge is 0.326 e. The molecule has 0 aliphatic carbocycles. The number of aliphatic carboxylic acids is 1. The molecular formula is C12H19NO4S. The van der Waals surface area contributed by atoms with Gasteiger partial charge in [-0.05, 0) is 18.6 Å². The highest BCUT2D eigenvalue weighted by Crippen LogP contribution is 2.09. The molecule has 0 unspecified atom stereocenters. The number of allylic oxidation sites excluding steroid dienone is 1. The van der Waals surface area contributed by atoms with Gasteiger partial charge in [0.15, 0.2) is 5.12 Å². The van der Waals surface area contributed by atoms with E-state index in [1.165, 1.54) is 0 Å². The van der Waals surface area contributed by atoms with Gasteiger partial charge in [0.1, 0.15) is 6.04 Å². The lowest BCUT2D eigenvalue weighted by atomic mass is 10.1. The van der Waals surface area contributed by atoms with Crippen molar-refractivity contribution in [1.82, 2.24) is 5.32 Å². The van der Waals surface area contributed by atoms with E-state index in [4.69, 9.17) is 5.11 Å². The maximum absolute atomic E-state index is 11.4. The Bertz CT molecular complexity index is 317. The third-order valence-corrected chi connectivity index (χ3v) is 2.97. The number of nitrogens with one attached hydrogen (secondary N) is 1. The third-order valence-electron chi connectivity index (χ3n) is 2.15. The summed E-state index contributed by atoms with van der Waals surface area (Å²) < 4.78 is 0. The number of hydrogen-bond acceptors (Lipinski definition) is 4. The van der Waals surface area contributed by atoms with Gasteiger partial charge in [0.25, 0.3) is 0 Å². The van der Waals surface area contributed by atoms with Crippen LogP contribution >= 0.6 is 11.8 Å². The zero-order valence-electron chi connectivity index (χ0n) is 10.5. The van der Waals surface area contributed by atoms with E-state index < -0.39 is 12.0 Å². The fourth-order valence-electron chi connectivity index (χ4n) is 1.25. The zero-order valence-corrected chi connectivity index (χ0v) is 11.3. The summed E-state index contributed by atoms with van der Waals surface area (Å²) in [5, 5.41) is 11.3. The maximum Gasteiger partial charge on any atom is 0.326 e. The third kappa shape index (κ3) is 7.89. The minimum Gasteiger partial charge on any atom is -0.480 e. The molecule has 18 heavy (non-hydrogen) atoms. The molecule has 2 N–H and O–H groups in total. The summed E-state index contributed by atoms with van der Waals surface area (Å²) in [7, 11) is 0. The van der Waals surface area contributed by atoms with E-state index in [0.29, 0.717) is 12.2 Å². The summed E-state index contributed by atoms with van der Waals surface area (Å²) in [5.41, 5.74) is 0. The highest BCUT2D eigenvalue weighted by Gasteiger charge is 2.20. The fraction of sp³-hybridized carbons (Fsp3) is 0.583. The minimum absolute atomic E-state index is 0.0518. The quantitative estimate of drug-likeness (QED) is 0.623. The van der Waals surface area contributed by atoms with Crippen LogP contribution < -0.4 is 5.32 Å². The van der Waals surface area contributed by atoms with Crippen molar-refractivity contribution in [2.75, 3.05) is 5.75 Å². The van der Waals surface area contributed by atoms with Gasteiger partial charge < -0.3 is 10.4 Å². The van der Waals surface area contributed by atoms with Crippen molar-refractivity contribution >= 4 is 28.8 Å². The van der Waals surface area contributed by atoms with Crippen molar-refractivity contribution in [3.8, 4) is 0 Å². The fourth-order valence-corrected chi connectivity index (χ4v) is 1.84. The van der Waals surface area contributed by atoms with E-state index in [9.17, 15) is 14.4 Å². The molecule has 0 aliphatic rings. The van der Waals surface area contributed by atoms with Crippen molar-refractivity contribution < 1.29 is 19.5 Å². The van der Waals surface area contributed by atoms with Gasteiger partial charge in [0.05, 0.1) is 0 Å². The van der Waals surface area contributed by atoms with Crippen molar-refractivity contribution in [2.45, 2.75) is 38.6 Å². The number of carboxylic acid groups (broad SMARTS) is 1. The van der Waals surface area contributed by atoms with Gasteiger partial charge in [-0.2, -0.15) is 0 Å². The summed E-state index contributed by atoms with van der Waals surface area (Å²) in [5.74, 6) is -0.781. The maximum atomic E-state index is 11.4. The number of carbonyl (C=O) groups excluding carboxylic acids is 2. The first-order valence-electron chi connectivity index (χ1n) is 5.80. The van der Waals surface area contributed by atoms with Crippen LogP contribution in [0.5, 0.6) is 0 Å². The minimum atomic E-state index is -1.11. The van der Waals surface area contributed by atoms with Crippen molar-refractivity contribution in [1.29, 1.82) is 0 Å². The Balaban J connectivity index is 4.14. The second-order valence-electron chi connectivity index (χ2n) is 3.63. The molecular weight excluding hydrogens is 254 g/mol. The second kappa shape index (κ2) is 9.70. The van der Waals surface area contributed by atoms with Gasteiger partial charge in [-0.1, -0.05) is 24.8 Å². The largest absolute Gasteiger partial charge is 0.480 e. The molecule has 0 saturated carbocycles. The first kappa shape index (κ1) is 16.7. The molecule has 6 heteroatoms. The molecule has 0 aromatic rings. The molecule has 0 heterocycles. The molecule has 0 aromatic carbocycles. The summed E-state index contributed by atoms with van der Waals surface area (Å²) in [4.78, 5) is 33.6. The normalized spacial score (nSPS) is 11.6. The van der Waals surface area contributed by atoms with Crippen LogP contribution in [0.25, 0.3) is 0 Å². The van der Waals surface area contributed by atoms with E-state index in [1.807, 2.05) is 6.92 Å². The lowest BCUT2D eigenvalue weighted by molar-refractivity contribution is -0.142. The van der Waals surface area contributed by atoms with Crippen molar-refractivity contribution in [3.63, 3.8) is 0 Å². The SMILES string of the molecule is C=CCCC(=O)N[C@@H](CCC(=O)SCC)C(=O)O. The van der Waals surface area contributed by atoms with Crippen LogP contribution in [0, 0.1) is 0 Å². The van der Waals surface area contributed by atoms with E-state index in [1.54, 1.807) is 6.08 Å². The molecule has 102 valence electrons. The second-order valence-corrected chi connectivity index (χ2v) is 4.95. The molecule has 0 spiro atoms. The Labute approximate surface area is 111 Å². The Kier molecular flexibility index (Phi) is 9.00. The van der Waals surface area contributed by atoms with E-state index >= 15 is 0 Å². The molecule has 0 fully saturated rings. The van der Waals surface area contributed by atoms with Crippen LogP contribution in [0.3, 0.4) is 0 Å². The molecule has 0 saturated heterocycles. The van der Waals surface area contributed by atoms with E-state index in [0.717, 1.165) is 11.8 Å². The number of carboxylic acids is 1. The first-order valence-corrected chi connectivity index (χ1v) is 6.78. The summed E-state index contributed by atoms with van der Waals surface area (Å²) in [6, 6.07) is -0.997. The van der Waals surface area contributed by atoms with Gasteiger partial charge in [-0.25, -0.2) is 4.79 Å². The van der Waals surface area contributed by atoms with E-state index in [2.05, 4.69) is 11.9 Å². The highest BCUT2D eigenvalue weighted by molar-refractivity contribution is 8.13. The van der Waals surface area contributed by atoms with Crippen molar-refractivity contribution in [3.05, 3.63) is 12.7 Å². The average molecular weight is 273 g/mol. The summed E-state index contributed by atoms with van der Waals surface area (Å²) in [6.07, 6.45) is 2.59. The molecule has 0 radical (unpaired) electrons. The summed E-state index contributed by atoms with van der Waals surface area (Å²) in [6.45, 7) is 5.34. The Morgan fingerprint density at radius 2 is 2.06 bits per heavy atom. The zero-order chi connectivity index (χ0) is 14.0. The molecule has 0 aliphatic heterocycles. The number of amides is 1. The predicted molar refractivity (Wildman–Crippen MR) is 71.4 cm³/mol. The Hall–Kier alpha value is -1.30. The monoisotopic (exact) mass is 273 g/mol. The predicted octanol–water partition coefficient (Wildman–Crippen LogP) is 1.58. The summed E-state index contributed by atoms with van der Waals surface area (Å²) >= 11 is 1.16. The van der Waals surface area contributed by atoms with Gasteiger partial charge in [0.2, 0.25) is 5.91 Å². The van der Waals surface area contributed by atoms with Gasteiger partial charge in [-0.15, -0.1) is 6.58 Å². The first-order chi connectivity index (χ1) is 8.51. The molecule has 0 aromatic heterocycles. The molecule has 1 amide bonds. The topological polar surface area (TPSA) is 83.5 Å². The molecule has 0 rings (SSSR count). The van der Waals surface area contributed by atoms with Gasteiger partial charge >= 0.3 is 5.97 Å². The van der Waals surface area contributed by atoms with Gasteiger partial charge in [0, 0.05) is 12.8 Å². The van der Waals surface area contributed by atoms with Crippen LogP contribution in [-0.2, 0) is 14.4 Å². The number of thioether (sulfide) groups is 1. The van der Waals surface area contributed by atoms with Crippen LogP contribution in [0.15, 0.2) is 12.7 Å². The highest BCUT2D eigenvalue weighted by atomic mass is 32.2. The van der Waals surface area contributed by atoms with Gasteiger partial charge in [-0.3, -0.25) is 9.59 Å². The average Bonchev–Trinajstić information content (AvgIpc) is 2.31. The van der Waals surface area contributed by atoms with Crippen molar-refractivity contribution in [2.24, 2.45) is 0 Å². The Morgan fingerprint density at radius 1 is 1.39 bits per heavy atom. The molecule has 0 bridgehead atoms. The van der Waals surface area contributed by atoms with Crippen LogP contribution in [-0.4, -0.2) is 33.9 Å². The molecule has 5 nitrogen and oxygen atoms in total. The van der Waals surface area contributed by atoms with E-state index in [-0.39, 0.29) is 30.3 Å². The standard InChI is InChI=1S/C12H19NO4S/c1-3-5-6-10(14)13-9(12(16)17)7-8-11(15)18-4-2/h3,9H,1,4-8H2,2H3,(H,13,14)(H,16,17)/t9-/m0/s1. The number of rotatable bonds is 9.